The molecule has 0 bridgehead atoms. The van der Waals surface area contributed by atoms with Crippen LogP contribution in [0.1, 0.15) is 52.9 Å². The number of unbranched alkanes of at least 4 members (excludes halogenated alkanes) is 1. The smallest absolute Gasteiger partial charge is 0.306 e. The maximum Gasteiger partial charge on any atom is 0.306 e. The van der Waals surface area contributed by atoms with Crippen LogP contribution in [0.2, 0.25) is 0 Å². The Hall–Kier alpha value is -1.06. The van der Waals surface area contributed by atoms with Crippen LogP contribution in [-0.4, -0.2) is 25.0 Å². The second-order valence-corrected chi connectivity index (χ2v) is 4.54. The zero-order valence-electron chi connectivity index (χ0n) is 11.3. The van der Waals surface area contributed by atoms with Gasteiger partial charge < -0.3 is 10.1 Å². The summed E-state index contributed by atoms with van der Waals surface area (Å²) in [5.74, 6) is 0.347. The molecule has 0 radical (unpaired) electrons. The Kier molecular flexibility index (Phi) is 9.49. The summed E-state index contributed by atoms with van der Waals surface area (Å²) in [6, 6.07) is 0. The summed E-state index contributed by atoms with van der Waals surface area (Å²) in [5.41, 5.74) is 0. The molecular formula is C13H25NO3. The van der Waals surface area contributed by atoms with Crippen LogP contribution in [0, 0.1) is 5.92 Å². The van der Waals surface area contributed by atoms with Crippen LogP contribution < -0.4 is 5.32 Å². The van der Waals surface area contributed by atoms with Crippen LogP contribution in [0.25, 0.3) is 0 Å². The van der Waals surface area contributed by atoms with Gasteiger partial charge in [0.15, 0.2) is 0 Å². The molecule has 0 aromatic heterocycles. The zero-order chi connectivity index (χ0) is 13.1. The van der Waals surface area contributed by atoms with Gasteiger partial charge in [0.05, 0.1) is 13.0 Å². The number of ether oxygens (including phenoxy) is 1. The van der Waals surface area contributed by atoms with Crippen molar-refractivity contribution < 1.29 is 14.3 Å². The number of hydrogen-bond donors (Lipinski definition) is 1. The second-order valence-electron chi connectivity index (χ2n) is 4.54. The summed E-state index contributed by atoms with van der Waals surface area (Å²) in [5, 5.41) is 2.81. The van der Waals surface area contributed by atoms with Crippen molar-refractivity contribution in [3.63, 3.8) is 0 Å². The number of esters is 1. The van der Waals surface area contributed by atoms with E-state index in [0.717, 1.165) is 18.8 Å². The van der Waals surface area contributed by atoms with E-state index in [1.165, 1.54) is 6.42 Å². The molecule has 100 valence electrons. The fourth-order valence-corrected chi connectivity index (χ4v) is 1.44. The van der Waals surface area contributed by atoms with E-state index >= 15 is 0 Å². The molecule has 0 unspecified atom stereocenters. The average molecular weight is 243 g/mol. The van der Waals surface area contributed by atoms with Gasteiger partial charge in [-0.3, -0.25) is 9.59 Å². The van der Waals surface area contributed by atoms with Gasteiger partial charge in [0.1, 0.15) is 0 Å². The van der Waals surface area contributed by atoms with Crippen LogP contribution in [0.15, 0.2) is 0 Å². The predicted octanol–water partition coefficient (Wildman–Crippen LogP) is 2.27. The summed E-state index contributed by atoms with van der Waals surface area (Å²) < 4.78 is 4.74. The Bertz CT molecular complexity index is 227. The third kappa shape index (κ3) is 11.2. The normalized spacial score (nSPS) is 10.4. The second kappa shape index (κ2) is 10.1. The molecule has 1 N–H and O–H groups in total. The number of amides is 1. The fourth-order valence-electron chi connectivity index (χ4n) is 1.44. The quantitative estimate of drug-likeness (QED) is 0.499. The molecule has 17 heavy (non-hydrogen) atoms. The Balaban J connectivity index is 3.38. The van der Waals surface area contributed by atoms with Gasteiger partial charge in [-0.2, -0.15) is 0 Å². The molecule has 0 aliphatic heterocycles. The SMILES string of the molecule is CCOC(=O)CCC(=O)NCCCCC(C)C. The van der Waals surface area contributed by atoms with E-state index in [2.05, 4.69) is 19.2 Å². The minimum atomic E-state index is -0.303. The van der Waals surface area contributed by atoms with Crippen molar-refractivity contribution in [3.8, 4) is 0 Å². The van der Waals surface area contributed by atoms with Crippen molar-refractivity contribution >= 4 is 11.9 Å². The van der Waals surface area contributed by atoms with Crippen LogP contribution in [0.5, 0.6) is 0 Å². The van der Waals surface area contributed by atoms with Crippen LogP contribution in [0.3, 0.4) is 0 Å². The summed E-state index contributed by atoms with van der Waals surface area (Å²) >= 11 is 0. The van der Waals surface area contributed by atoms with Gasteiger partial charge >= 0.3 is 5.97 Å². The molecule has 0 fully saturated rings. The maximum atomic E-state index is 11.3. The van der Waals surface area contributed by atoms with E-state index < -0.39 is 0 Å². The van der Waals surface area contributed by atoms with Gasteiger partial charge in [-0.1, -0.05) is 26.7 Å². The molecular weight excluding hydrogens is 218 g/mol. The maximum absolute atomic E-state index is 11.3. The monoisotopic (exact) mass is 243 g/mol. The minimum Gasteiger partial charge on any atom is -0.466 e. The van der Waals surface area contributed by atoms with Gasteiger partial charge in [0.2, 0.25) is 5.91 Å². The van der Waals surface area contributed by atoms with Crippen molar-refractivity contribution in [2.45, 2.75) is 52.9 Å². The van der Waals surface area contributed by atoms with Crippen molar-refractivity contribution in [1.82, 2.24) is 5.32 Å². The summed E-state index contributed by atoms with van der Waals surface area (Å²) in [6.07, 6.45) is 3.73. The molecule has 1 amide bonds. The summed E-state index contributed by atoms with van der Waals surface area (Å²) in [6.45, 7) is 7.21. The van der Waals surface area contributed by atoms with Gasteiger partial charge in [-0.25, -0.2) is 0 Å². The first-order valence-electron chi connectivity index (χ1n) is 6.48. The number of carbonyl (C=O) groups excluding carboxylic acids is 2. The molecule has 0 aliphatic rings. The van der Waals surface area contributed by atoms with E-state index in [-0.39, 0.29) is 24.7 Å². The standard InChI is InChI=1S/C13H25NO3/c1-4-17-13(16)9-8-12(15)14-10-6-5-7-11(2)3/h11H,4-10H2,1-3H3,(H,14,15). The Morgan fingerprint density at radius 1 is 1.18 bits per heavy atom. The molecule has 0 rings (SSSR count). The van der Waals surface area contributed by atoms with Crippen LogP contribution in [-0.2, 0) is 14.3 Å². The molecule has 0 saturated heterocycles. The van der Waals surface area contributed by atoms with E-state index in [0.29, 0.717) is 13.2 Å². The zero-order valence-corrected chi connectivity index (χ0v) is 11.3. The third-order valence-corrected chi connectivity index (χ3v) is 2.39. The predicted molar refractivity (Wildman–Crippen MR) is 67.6 cm³/mol. The molecule has 4 nitrogen and oxygen atoms in total. The van der Waals surface area contributed by atoms with Crippen molar-refractivity contribution in [2.24, 2.45) is 5.92 Å². The van der Waals surface area contributed by atoms with Gasteiger partial charge in [0.25, 0.3) is 0 Å². The number of nitrogens with one attached hydrogen (secondary N) is 1. The summed E-state index contributed by atoms with van der Waals surface area (Å²) in [7, 11) is 0. The van der Waals surface area contributed by atoms with E-state index in [9.17, 15) is 9.59 Å². The third-order valence-electron chi connectivity index (χ3n) is 2.39. The average Bonchev–Trinajstić information content (AvgIpc) is 2.26. The molecule has 0 atom stereocenters. The molecule has 0 spiro atoms. The molecule has 0 heterocycles. The Morgan fingerprint density at radius 3 is 2.47 bits per heavy atom. The van der Waals surface area contributed by atoms with Crippen molar-refractivity contribution in [1.29, 1.82) is 0 Å². The van der Waals surface area contributed by atoms with E-state index in [4.69, 9.17) is 4.74 Å². The lowest BCUT2D eigenvalue weighted by Gasteiger charge is -2.06. The minimum absolute atomic E-state index is 0.0670. The molecule has 0 aliphatic carbocycles. The Labute approximate surface area is 104 Å². The fraction of sp³-hybridized carbons (Fsp3) is 0.846. The first-order chi connectivity index (χ1) is 8.06. The lowest BCUT2D eigenvalue weighted by Crippen LogP contribution is -2.25. The highest BCUT2D eigenvalue weighted by Gasteiger charge is 2.06. The molecule has 0 aromatic rings. The van der Waals surface area contributed by atoms with Gasteiger partial charge in [-0.15, -0.1) is 0 Å². The topological polar surface area (TPSA) is 55.4 Å². The van der Waals surface area contributed by atoms with E-state index in [1.807, 2.05) is 0 Å². The van der Waals surface area contributed by atoms with Crippen LogP contribution >= 0.6 is 0 Å². The largest absolute Gasteiger partial charge is 0.466 e. The highest BCUT2D eigenvalue weighted by molar-refractivity contribution is 5.81. The molecule has 4 heteroatoms. The highest BCUT2D eigenvalue weighted by atomic mass is 16.5. The van der Waals surface area contributed by atoms with Crippen molar-refractivity contribution in [2.75, 3.05) is 13.2 Å². The van der Waals surface area contributed by atoms with Crippen molar-refractivity contribution in [3.05, 3.63) is 0 Å². The summed E-state index contributed by atoms with van der Waals surface area (Å²) in [4.78, 5) is 22.3. The number of hydrogen-bond acceptors (Lipinski definition) is 3. The molecule has 0 saturated carbocycles. The van der Waals surface area contributed by atoms with Crippen LogP contribution in [0.4, 0.5) is 0 Å². The number of rotatable bonds is 9. The first-order valence-corrected chi connectivity index (χ1v) is 6.48. The lowest BCUT2D eigenvalue weighted by molar-refractivity contribution is -0.144. The van der Waals surface area contributed by atoms with E-state index in [1.54, 1.807) is 6.92 Å². The van der Waals surface area contributed by atoms with Gasteiger partial charge in [-0.05, 0) is 19.3 Å². The van der Waals surface area contributed by atoms with Gasteiger partial charge in [0, 0.05) is 13.0 Å². The lowest BCUT2D eigenvalue weighted by atomic mass is 10.1. The Morgan fingerprint density at radius 2 is 1.88 bits per heavy atom. The number of carbonyl (C=O) groups is 2. The highest BCUT2D eigenvalue weighted by Crippen LogP contribution is 2.05. The molecule has 0 aromatic carbocycles. The first kappa shape index (κ1) is 15.9.